The smallest absolute Gasteiger partial charge is 0.174 e. The van der Waals surface area contributed by atoms with E-state index in [2.05, 4.69) is 0 Å². The zero-order valence-corrected chi connectivity index (χ0v) is 22.9. The van der Waals surface area contributed by atoms with E-state index in [0.29, 0.717) is 30.2 Å². The number of para-hydroxylation sites is 1. The SMILES string of the molecule is O=P(CCCOc1ccccc1P(=O)(c1ccccc1)c1ccccc1)(c1ccccc1)c1ccccc1. The molecule has 5 heteroatoms. The van der Waals surface area contributed by atoms with Crippen LogP contribution in [0.4, 0.5) is 0 Å². The molecule has 5 aromatic carbocycles. The van der Waals surface area contributed by atoms with Crippen LogP contribution in [0.25, 0.3) is 0 Å². The Kier molecular flexibility index (Phi) is 8.08. The lowest BCUT2D eigenvalue weighted by Gasteiger charge is -2.23. The minimum Gasteiger partial charge on any atom is -0.493 e. The van der Waals surface area contributed by atoms with E-state index in [0.717, 1.165) is 21.2 Å². The molecule has 3 nitrogen and oxygen atoms in total. The summed E-state index contributed by atoms with van der Waals surface area (Å²) in [6, 6.07) is 46.2. The fourth-order valence-electron chi connectivity index (χ4n) is 4.76. The molecule has 0 heterocycles. The van der Waals surface area contributed by atoms with Crippen LogP contribution in [0.3, 0.4) is 0 Å². The fourth-order valence-corrected chi connectivity index (χ4v) is 10.2. The van der Waals surface area contributed by atoms with Crippen molar-refractivity contribution >= 4 is 40.8 Å². The number of benzene rings is 5. The van der Waals surface area contributed by atoms with Gasteiger partial charge in [0.2, 0.25) is 0 Å². The van der Waals surface area contributed by atoms with Gasteiger partial charge in [0, 0.05) is 27.4 Å². The van der Waals surface area contributed by atoms with Gasteiger partial charge in [-0.2, -0.15) is 0 Å². The molecule has 0 saturated heterocycles. The predicted octanol–water partition coefficient (Wildman–Crippen LogP) is 6.11. The van der Waals surface area contributed by atoms with Crippen molar-refractivity contribution in [2.45, 2.75) is 6.42 Å². The van der Waals surface area contributed by atoms with Crippen LogP contribution in [0.2, 0.25) is 0 Å². The van der Waals surface area contributed by atoms with Crippen molar-refractivity contribution in [3.63, 3.8) is 0 Å². The molecule has 190 valence electrons. The molecule has 0 aliphatic carbocycles. The van der Waals surface area contributed by atoms with Crippen LogP contribution in [-0.2, 0) is 9.13 Å². The van der Waals surface area contributed by atoms with Gasteiger partial charge < -0.3 is 13.9 Å². The van der Waals surface area contributed by atoms with E-state index < -0.39 is 14.3 Å². The standard InChI is InChI=1S/C33H30O3P2/c34-37(28-16-5-1-6-17-28,29-18-7-2-8-19-29)27-15-26-36-32-24-13-14-25-33(32)38(35,30-20-9-3-10-21-30)31-22-11-4-12-23-31/h1-14,16-25H,15,26-27H2. The lowest BCUT2D eigenvalue weighted by Crippen LogP contribution is -2.26. The Hall–Kier alpha value is -3.64. The summed E-state index contributed by atoms with van der Waals surface area (Å²) in [6.45, 7) is 0.365. The zero-order chi connectivity index (χ0) is 26.3. The van der Waals surface area contributed by atoms with E-state index in [9.17, 15) is 9.13 Å². The molecule has 0 aliphatic rings. The average Bonchev–Trinajstić information content (AvgIpc) is 3.01. The first-order valence-electron chi connectivity index (χ1n) is 12.8. The first-order chi connectivity index (χ1) is 18.6. The van der Waals surface area contributed by atoms with Gasteiger partial charge in [-0.05, 0) is 18.6 Å². The van der Waals surface area contributed by atoms with E-state index in [1.54, 1.807) is 0 Å². The van der Waals surface area contributed by atoms with Gasteiger partial charge in [0.25, 0.3) is 0 Å². The largest absolute Gasteiger partial charge is 0.493 e. The van der Waals surface area contributed by atoms with Crippen LogP contribution in [0, 0.1) is 0 Å². The molecule has 0 N–H and O–H groups in total. The lowest BCUT2D eigenvalue weighted by molar-refractivity contribution is 0.320. The Bertz CT molecular complexity index is 1470. The van der Waals surface area contributed by atoms with Gasteiger partial charge >= 0.3 is 0 Å². The van der Waals surface area contributed by atoms with Crippen molar-refractivity contribution in [3.05, 3.63) is 146 Å². The normalized spacial score (nSPS) is 11.7. The van der Waals surface area contributed by atoms with Crippen molar-refractivity contribution in [2.24, 2.45) is 0 Å². The van der Waals surface area contributed by atoms with Crippen LogP contribution in [0.5, 0.6) is 5.75 Å². The molecule has 0 bridgehead atoms. The number of rotatable bonds is 10. The fraction of sp³-hybridized carbons (Fsp3) is 0.0909. The maximum absolute atomic E-state index is 14.9. The molecule has 5 rings (SSSR count). The Morgan fingerprint density at radius 1 is 0.474 bits per heavy atom. The number of hydrogen-bond acceptors (Lipinski definition) is 3. The van der Waals surface area contributed by atoms with Gasteiger partial charge in [0.15, 0.2) is 7.14 Å². The Morgan fingerprint density at radius 2 is 0.868 bits per heavy atom. The van der Waals surface area contributed by atoms with Crippen LogP contribution >= 0.6 is 14.3 Å². The first-order valence-corrected chi connectivity index (χ1v) is 16.4. The van der Waals surface area contributed by atoms with Gasteiger partial charge in [-0.1, -0.05) is 133 Å². The summed E-state index contributed by atoms with van der Waals surface area (Å²) in [6.07, 6.45) is 1.08. The molecule has 0 aromatic heterocycles. The monoisotopic (exact) mass is 536 g/mol. The van der Waals surface area contributed by atoms with E-state index in [-0.39, 0.29) is 0 Å². The number of ether oxygens (including phenoxy) is 1. The third kappa shape index (κ3) is 5.32. The van der Waals surface area contributed by atoms with E-state index in [1.807, 2.05) is 146 Å². The highest BCUT2D eigenvalue weighted by Crippen LogP contribution is 2.46. The van der Waals surface area contributed by atoms with Crippen LogP contribution in [0.15, 0.2) is 146 Å². The molecule has 38 heavy (non-hydrogen) atoms. The molecule has 0 aliphatic heterocycles. The maximum atomic E-state index is 14.9. The topological polar surface area (TPSA) is 43.4 Å². The molecule has 0 fully saturated rings. The van der Waals surface area contributed by atoms with Gasteiger partial charge in [0.05, 0.1) is 11.9 Å². The van der Waals surface area contributed by atoms with Crippen molar-refractivity contribution in [1.82, 2.24) is 0 Å². The summed E-state index contributed by atoms with van der Waals surface area (Å²) in [5.74, 6) is 0.595. The van der Waals surface area contributed by atoms with Crippen molar-refractivity contribution < 1.29 is 13.9 Å². The summed E-state index contributed by atoms with van der Waals surface area (Å²) in [4.78, 5) is 0. The Balaban J connectivity index is 1.42. The van der Waals surface area contributed by atoms with Crippen molar-refractivity contribution in [1.29, 1.82) is 0 Å². The second-order valence-electron chi connectivity index (χ2n) is 9.08. The second-order valence-corrected chi connectivity index (χ2v) is 14.8. The highest BCUT2D eigenvalue weighted by molar-refractivity contribution is 7.85. The minimum atomic E-state index is -3.17. The van der Waals surface area contributed by atoms with Gasteiger partial charge in [0.1, 0.15) is 12.9 Å². The van der Waals surface area contributed by atoms with Gasteiger partial charge in [-0.15, -0.1) is 0 Å². The van der Waals surface area contributed by atoms with Crippen molar-refractivity contribution in [2.75, 3.05) is 12.8 Å². The Morgan fingerprint density at radius 3 is 1.34 bits per heavy atom. The van der Waals surface area contributed by atoms with Crippen LogP contribution in [0.1, 0.15) is 6.42 Å². The molecular weight excluding hydrogens is 506 g/mol. The molecule has 0 atom stereocenters. The summed E-state index contributed by atoms with van der Waals surface area (Å²) in [5.41, 5.74) is 0. The quantitative estimate of drug-likeness (QED) is 0.160. The molecule has 5 aromatic rings. The summed E-state index contributed by atoms with van der Waals surface area (Å²) in [5, 5.41) is 3.90. The Labute approximate surface area is 224 Å². The van der Waals surface area contributed by atoms with E-state index in [1.165, 1.54) is 0 Å². The third-order valence-corrected chi connectivity index (χ3v) is 13.0. The summed E-state index contributed by atoms with van der Waals surface area (Å²) in [7, 11) is -5.99. The summed E-state index contributed by atoms with van der Waals surface area (Å²) < 4.78 is 35.5. The summed E-state index contributed by atoms with van der Waals surface area (Å²) >= 11 is 0. The van der Waals surface area contributed by atoms with E-state index in [4.69, 9.17) is 4.74 Å². The average molecular weight is 537 g/mol. The highest BCUT2D eigenvalue weighted by atomic mass is 31.2. The minimum absolute atomic E-state index is 0.365. The third-order valence-electron chi connectivity index (χ3n) is 6.67. The molecule has 0 unspecified atom stereocenters. The molecule has 0 spiro atoms. The molecule has 0 amide bonds. The zero-order valence-electron chi connectivity index (χ0n) is 21.1. The van der Waals surface area contributed by atoms with Crippen molar-refractivity contribution in [3.8, 4) is 5.75 Å². The lowest BCUT2D eigenvalue weighted by atomic mass is 10.3. The molecular formula is C33H30O3P2. The molecule has 0 saturated carbocycles. The maximum Gasteiger partial charge on any atom is 0.174 e. The first kappa shape index (κ1) is 26.0. The van der Waals surface area contributed by atoms with Crippen LogP contribution < -0.4 is 31.3 Å². The highest BCUT2D eigenvalue weighted by Gasteiger charge is 2.32. The second kappa shape index (κ2) is 11.8. The van der Waals surface area contributed by atoms with E-state index >= 15 is 0 Å². The van der Waals surface area contributed by atoms with Gasteiger partial charge in [-0.25, -0.2) is 0 Å². The van der Waals surface area contributed by atoms with Crippen LogP contribution in [-0.4, -0.2) is 12.8 Å². The molecule has 0 radical (unpaired) electrons. The number of hydrogen-bond donors (Lipinski definition) is 0. The predicted molar refractivity (Wildman–Crippen MR) is 161 cm³/mol. The van der Waals surface area contributed by atoms with Gasteiger partial charge in [-0.3, -0.25) is 0 Å².